The van der Waals surface area contributed by atoms with Gasteiger partial charge in [-0.1, -0.05) is 11.6 Å². The predicted molar refractivity (Wildman–Crippen MR) is 82.8 cm³/mol. The average molecular weight is 311 g/mol. The van der Waals surface area contributed by atoms with E-state index in [1.165, 1.54) is 0 Å². The molecule has 4 nitrogen and oxygen atoms in total. The molecule has 0 saturated carbocycles. The highest BCUT2D eigenvalue weighted by molar-refractivity contribution is 7.98. The van der Waals surface area contributed by atoms with Crippen molar-refractivity contribution >= 4 is 29.1 Å². The van der Waals surface area contributed by atoms with Crippen molar-refractivity contribution < 1.29 is 9.47 Å². The summed E-state index contributed by atoms with van der Waals surface area (Å²) in [6.07, 6.45) is 1.70. The Morgan fingerprint density at radius 3 is 2.70 bits per heavy atom. The number of hydrogen-bond acceptors (Lipinski definition) is 5. The lowest BCUT2D eigenvalue weighted by molar-refractivity contribution is 0.350. The molecule has 0 aliphatic rings. The Morgan fingerprint density at radius 2 is 2.05 bits per heavy atom. The summed E-state index contributed by atoms with van der Waals surface area (Å²) >= 11 is 7.61. The van der Waals surface area contributed by atoms with Gasteiger partial charge in [-0.05, 0) is 18.2 Å². The number of nitrogen functional groups attached to an aromatic ring is 1. The molecule has 0 unspecified atom stereocenters. The van der Waals surface area contributed by atoms with E-state index in [1.807, 2.05) is 12.1 Å². The Labute approximate surface area is 127 Å². The number of benzene rings is 1. The fourth-order valence-corrected chi connectivity index (χ4v) is 2.82. The standard InChI is InChI=1S/C14H15ClN2O2S/c1-18-13-5-6-17-12(14(13)19-2)8-20-9-3-4-11(16)10(15)7-9/h3-7H,8,16H2,1-2H3. The van der Waals surface area contributed by atoms with Crippen molar-refractivity contribution in [1.29, 1.82) is 0 Å². The van der Waals surface area contributed by atoms with Crippen LogP contribution in [0.25, 0.3) is 0 Å². The number of thioether (sulfide) groups is 1. The van der Waals surface area contributed by atoms with Crippen LogP contribution in [0.4, 0.5) is 5.69 Å². The second kappa shape index (κ2) is 6.72. The van der Waals surface area contributed by atoms with Gasteiger partial charge in [0.15, 0.2) is 11.5 Å². The van der Waals surface area contributed by atoms with Crippen LogP contribution in [0.1, 0.15) is 5.69 Å². The maximum atomic E-state index is 6.00. The number of anilines is 1. The number of ether oxygens (including phenoxy) is 2. The van der Waals surface area contributed by atoms with Crippen LogP contribution in [0.5, 0.6) is 11.5 Å². The fraction of sp³-hybridized carbons (Fsp3) is 0.214. The maximum Gasteiger partial charge on any atom is 0.183 e. The number of rotatable bonds is 5. The number of methoxy groups -OCH3 is 2. The van der Waals surface area contributed by atoms with Crippen LogP contribution in [-0.4, -0.2) is 19.2 Å². The first-order valence-electron chi connectivity index (χ1n) is 5.89. The minimum atomic E-state index is 0.556. The highest BCUT2D eigenvalue weighted by Crippen LogP contribution is 2.34. The molecule has 20 heavy (non-hydrogen) atoms. The lowest BCUT2D eigenvalue weighted by atomic mass is 10.3. The van der Waals surface area contributed by atoms with Crippen molar-refractivity contribution in [3.05, 3.63) is 41.2 Å². The average Bonchev–Trinajstić information content (AvgIpc) is 2.47. The van der Waals surface area contributed by atoms with Gasteiger partial charge in [0, 0.05) is 22.9 Å². The van der Waals surface area contributed by atoms with Gasteiger partial charge in [0.2, 0.25) is 0 Å². The van der Waals surface area contributed by atoms with E-state index in [9.17, 15) is 0 Å². The Morgan fingerprint density at radius 1 is 1.25 bits per heavy atom. The van der Waals surface area contributed by atoms with Crippen LogP contribution in [0.3, 0.4) is 0 Å². The van der Waals surface area contributed by atoms with E-state index in [0.29, 0.717) is 28.0 Å². The molecule has 2 rings (SSSR count). The summed E-state index contributed by atoms with van der Waals surface area (Å²) in [6.45, 7) is 0. The van der Waals surface area contributed by atoms with E-state index in [1.54, 1.807) is 44.3 Å². The van der Waals surface area contributed by atoms with E-state index in [2.05, 4.69) is 4.98 Å². The zero-order chi connectivity index (χ0) is 14.5. The number of nitrogens with zero attached hydrogens (tertiary/aromatic N) is 1. The first-order chi connectivity index (χ1) is 9.65. The normalized spacial score (nSPS) is 10.3. The number of nitrogens with two attached hydrogens (primary N) is 1. The van der Waals surface area contributed by atoms with Crippen molar-refractivity contribution in [3.63, 3.8) is 0 Å². The summed E-state index contributed by atoms with van der Waals surface area (Å²) in [6, 6.07) is 7.33. The van der Waals surface area contributed by atoms with Gasteiger partial charge in [0.05, 0.1) is 30.6 Å². The molecule has 2 N–H and O–H groups in total. The summed E-state index contributed by atoms with van der Waals surface area (Å²) in [5.41, 5.74) is 7.09. The van der Waals surface area contributed by atoms with E-state index in [4.69, 9.17) is 26.8 Å². The second-order valence-corrected chi connectivity index (χ2v) is 5.42. The minimum Gasteiger partial charge on any atom is -0.493 e. The number of hydrogen-bond donors (Lipinski definition) is 1. The van der Waals surface area contributed by atoms with Gasteiger partial charge in [0.1, 0.15) is 0 Å². The molecule has 1 aromatic heterocycles. The molecule has 0 bridgehead atoms. The molecule has 0 spiro atoms. The molecule has 106 valence electrons. The molecular formula is C14H15ClN2O2S. The summed E-state index contributed by atoms with van der Waals surface area (Å²) in [4.78, 5) is 5.35. The summed E-state index contributed by atoms with van der Waals surface area (Å²) < 4.78 is 10.6. The molecule has 0 aliphatic carbocycles. The molecule has 0 saturated heterocycles. The van der Waals surface area contributed by atoms with E-state index in [0.717, 1.165) is 10.6 Å². The van der Waals surface area contributed by atoms with Crippen LogP contribution in [-0.2, 0) is 5.75 Å². The molecule has 0 fully saturated rings. The molecule has 0 amide bonds. The zero-order valence-electron chi connectivity index (χ0n) is 11.2. The van der Waals surface area contributed by atoms with Crippen molar-refractivity contribution in [2.75, 3.05) is 20.0 Å². The van der Waals surface area contributed by atoms with Crippen molar-refractivity contribution in [2.45, 2.75) is 10.6 Å². The Bertz CT molecular complexity index is 608. The maximum absolute atomic E-state index is 6.00. The molecule has 2 aromatic rings. The fourth-order valence-electron chi connectivity index (χ4n) is 1.70. The van der Waals surface area contributed by atoms with Crippen molar-refractivity contribution in [2.24, 2.45) is 0 Å². The van der Waals surface area contributed by atoms with Crippen molar-refractivity contribution in [1.82, 2.24) is 4.98 Å². The van der Waals surface area contributed by atoms with E-state index in [-0.39, 0.29) is 0 Å². The summed E-state index contributed by atoms with van der Waals surface area (Å²) in [7, 11) is 3.21. The summed E-state index contributed by atoms with van der Waals surface area (Å²) in [5.74, 6) is 1.98. The quantitative estimate of drug-likeness (QED) is 0.675. The number of pyridine rings is 1. The highest BCUT2D eigenvalue weighted by Gasteiger charge is 2.11. The smallest absolute Gasteiger partial charge is 0.183 e. The molecule has 1 aromatic carbocycles. The molecule has 0 radical (unpaired) electrons. The minimum absolute atomic E-state index is 0.556. The molecule has 6 heteroatoms. The number of aromatic nitrogens is 1. The monoisotopic (exact) mass is 310 g/mol. The zero-order valence-corrected chi connectivity index (χ0v) is 12.8. The lowest BCUT2D eigenvalue weighted by Crippen LogP contribution is -1.97. The van der Waals surface area contributed by atoms with Crippen molar-refractivity contribution in [3.8, 4) is 11.5 Å². The predicted octanol–water partition coefficient (Wildman–Crippen LogP) is 3.63. The molecule has 0 aliphatic heterocycles. The largest absolute Gasteiger partial charge is 0.493 e. The van der Waals surface area contributed by atoms with Crippen LogP contribution < -0.4 is 15.2 Å². The topological polar surface area (TPSA) is 57.4 Å². The third kappa shape index (κ3) is 3.29. The molecule has 1 heterocycles. The van der Waals surface area contributed by atoms with Gasteiger partial charge in [0.25, 0.3) is 0 Å². The summed E-state index contributed by atoms with van der Waals surface area (Å²) in [5, 5.41) is 0.556. The Hall–Kier alpha value is -1.59. The van der Waals surface area contributed by atoms with Gasteiger partial charge < -0.3 is 15.2 Å². The number of halogens is 1. The second-order valence-electron chi connectivity index (χ2n) is 3.97. The third-order valence-electron chi connectivity index (χ3n) is 2.71. The first kappa shape index (κ1) is 14.8. The van der Waals surface area contributed by atoms with Gasteiger partial charge >= 0.3 is 0 Å². The molecular weight excluding hydrogens is 296 g/mol. The van der Waals surface area contributed by atoms with Gasteiger partial charge in [-0.3, -0.25) is 4.98 Å². The van der Waals surface area contributed by atoms with Crippen LogP contribution >= 0.6 is 23.4 Å². The first-order valence-corrected chi connectivity index (χ1v) is 7.25. The van der Waals surface area contributed by atoms with Crippen LogP contribution in [0, 0.1) is 0 Å². The molecule has 0 atom stereocenters. The van der Waals surface area contributed by atoms with Crippen LogP contribution in [0.15, 0.2) is 35.4 Å². The SMILES string of the molecule is COc1ccnc(CSc2ccc(N)c(Cl)c2)c1OC. The van der Waals surface area contributed by atoms with Gasteiger partial charge in [-0.25, -0.2) is 0 Å². The van der Waals surface area contributed by atoms with E-state index < -0.39 is 0 Å². The lowest BCUT2D eigenvalue weighted by Gasteiger charge is -2.11. The van der Waals surface area contributed by atoms with Gasteiger partial charge in [-0.15, -0.1) is 11.8 Å². The highest BCUT2D eigenvalue weighted by atomic mass is 35.5. The Kier molecular flexibility index (Phi) is 4.98. The van der Waals surface area contributed by atoms with Crippen LogP contribution in [0.2, 0.25) is 5.02 Å². The Balaban J connectivity index is 2.16. The van der Waals surface area contributed by atoms with Gasteiger partial charge in [-0.2, -0.15) is 0 Å². The van der Waals surface area contributed by atoms with E-state index >= 15 is 0 Å². The third-order valence-corrected chi connectivity index (χ3v) is 4.05.